The number of benzene rings is 2. The van der Waals surface area contributed by atoms with Crippen molar-refractivity contribution in [3.63, 3.8) is 0 Å². The molecule has 6 nitrogen and oxygen atoms in total. The molecule has 0 fully saturated rings. The van der Waals surface area contributed by atoms with Gasteiger partial charge in [0.05, 0.1) is 5.69 Å². The molecule has 2 aromatic heterocycles. The largest absolute Gasteiger partial charge is 0.321 e. The van der Waals surface area contributed by atoms with Crippen LogP contribution >= 0.6 is 0 Å². The number of nitrogens with one attached hydrogen (secondary N) is 1. The second-order valence-corrected chi connectivity index (χ2v) is 6.49. The van der Waals surface area contributed by atoms with E-state index >= 15 is 0 Å². The topological polar surface area (TPSA) is 83.6 Å². The number of anilines is 1. The van der Waals surface area contributed by atoms with Crippen molar-refractivity contribution in [2.24, 2.45) is 7.05 Å². The van der Waals surface area contributed by atoms with E-state index in [0.29, 0.717) is 16.9 Å². The zero-order chi connectivity index (χ0) is 20.2. The number of nitrogens with zero attached hydrogens (tertiary/aromatic N) is 4. The van der Waals surface area contributed by atoms with E-state index in [-0.39, 0.29) is 5.57 Å². The minimum Gasteiger partial charge on any atom is -0.321 e. The van der Waals surface area contributed by atoms with Gasteiger partial charge in [-0.2, -0.15) is 10.4 Å². The second kappa shape index (κ2) is 7.79. The summed E-state index contributed by atoms with van der Waals surface area (Å²) in [5.74, 6) is -0.464. The summed E-state index contributed by atoms with van der Waals surface area (Å²) in [5.41, 5.74) is 2.89. The Kier molecular flexibility index (Phi) is 4.87. The van der Waals surface area contributed by atoms with Crippen molar-refractivity contribution in [2.75, 3.05) is 5.32 Å². The predicted octanol–water partition coefficient (Wildman–Crippen LogP) is 4.18. The Hall–Kier alpha value is -4.24. The molecule has 2 heterocycles. The molecule has 1 amide bonds. The zero-order valence-corrected chi connectivity index (χ0v) is 15.7. The van der Waals surface area contributed by atoms with Gasteiger partial charge in [0.15, 0.2) is 0 Å². The third-order valence-electron chi connectivity index (χ3n) is 4.51. The van der Waals surface area contributed by atoms with E-state index in [1.165, 1.54) is 0 Å². The zero-order valence-electron chi connectivity index (χ0n) is 15.7. The van der Waals surface area contributed by atoms with Crippen LogP contribution in [0, 0.1) is 11.3 Å². The highest BCUT2D eigenvalue weighted by molar-refractivity contribution is 6.13. The Morgan fingerprint density at radius 3 is 2.66 bits per heavy atom. The van der Waals surface area contributed by atoms with E-state index in [2.05, 4.69) is 15.4 Å². The molecule has 4 rings (SSSR count). The van der Waals surface area contributed by atoms with Crippen LogP contribution in [0.15, 0.2) is 78.8 Å². The number of fused-ring (bicyclic) bond motifs is 1. The van der Waals surface area contributed by atoms with Crippen LogP contribution in [0.1, 0.15) is 5.56 Å². The average Bonchev–Trinajstić information content (AvgIpc) is 3.13. The molecule has 0 atom stereocenters. The molecule has 0 radical (unpaired) electrons. The summed E-state index contributed by atoms with van der Waals surface area (Å²) in [5, 5.41) is 18.8. The van der Waals surface area contributed by atoms with Crippen LogP contribution in [-0.2, 0) is 11.8 Å². The van der Waals surface area contributed by atoms with E-state index in [1.54, 1.807) is 36.4 Å². The molecule has 140 valence electrons. The fourth-order valence-corrected chi connectivity index (χ4v) is 3.17. The molecule has 0 aliphatic heterocycles. The summed E-state index contributed by atoms with van der Waals surface area (Å²) in [6.45, 7) is 0. The summed E-state index contributed by atoms with van der Waals surface area (Å²) in [7, 11) is 1.80. The smallest absolute Gasteiger partial charge is 0.266 e. The number of hydrogen-bond donors (Lipinski definition) is 1. The fraction of sp³-hybridized carbons (Fsp3) is 0.0435. The molecule has 0 unspecified atom stereocenters. The van der Waals surface area contributed by atoms with Crippen molar-refractivity contribution in [1.29, 1.82) is 5.26 Å². The summed E-state index contributed by atoms with van der Waals surface area (Å²) >= 11 is 0. The maximum atomic E-state index is 12.8. The number of rotatable bonds is 4. The van der Waals surface area contributed by atoms with Crippen LogP contribution < -0.4 is 5.32 Å². The first kappa shape index (κ1) is 18.1. The number of hydrogen-bond acceptors (Lipinski definition) is 4. The van der Waals surface area contributed by atoms with Gasteiger partial charge in [-0.1, -0.05) is 36.4 Å². The van der Waals surface area contributed by atoms with E-state index in [0.717, 1.165) is 16.3 Å². The second-order valence-electron chi connectivity index (χ2n) is 6.49. The summed E-state index contributed by atoms with van der Waals surface area (Å²) in [4.78, 5) is 16.8. The highest BCUT2D eigenvalue weighted by atomic mass is 16.1. The third-order valence-corrected chi connectivity index (χ3v) is 4.51. The first-order valence-electron chi connectivity index (χ1n) is 9.00. The molecule has 29 heavy (non-hydrogen) atoms. The molecule has 0 bridgehead atoms. The highest BCUT2D eigenvalue weighted by Gasteiger charge is 2.15. The van der Waals surface area contributed by atoms with Crippen molar-refractivity contribution < 1.29 is 4.79 Å². The van der Waals surface area contributed by atoms with Crippen LogP contribution in [0.5, 0.6) is 0 Å². The lowest BCUT2D eigenvalue weighted by molar-refractivity contribution is -0.112. The molecule has 0 spiro atoms. The van der Waals surface area contributed by atoms with Gasteiger partial charge in [-0.15, -0.1) is 0 Å². The number of aromatic nitrogens is 3. The van der Waals surface area contributed by atoms with Crippen LogP contribution in [0.2, 0.25) is 0 Å². The minimum atomic E-state index is -0.464. The van der Waals surface area contributed by atoms with Gasteiger partial charge < -0.3 is 5.32 Å². The number of carbonyl (C=O) groups is 1. The summed E-state index contributed by atoms with van der Waals surface area (Å²) < 4.78 is 1.65. The monoisotopic (exact) mass is 379 g/mol. The van der Waals surface area contributed by atoms with Gasteiger partial charge in [-0.05, 0) is 29.7 Å². The van der Waals surface area contributed by atoms with Crippen molar-refractivity contribution in [3.05, 3.63) is 84.3 Å². The molecule has 4 aromatic rings. The average molecular weight is 379 g/mol. The Balaban J connectivity index is 1.69. The van der Waals surface area contributed by atoms with Crippen LogP contribution in [0.4, 0.5) is 5.69 Å². The molecule has 1 N–H and O–H groups in total. The third kappa shape index (κ3) is 3.75. The molecule has 0 aliphatic rings. The van der Waals surface area contributed by atoms with Crippen molar-refractivity contribution >= 4 is 28.4 Å². The van der Waals surface area contributed by atoms with E-state index in [1.807, 2.05) is 60.7 Å². The molecule has 0 saturated heterocycles. The lowest BCUT2D eigenvalue weighted by Gasteiger charge is -2.08. The van der Waals surface area contributed by atoms with Crippen molar-refractivity contribution in [1.82, 2.24) is 14.8 Å². The minimum absolute atomic E-state index is 0.00115. The molecule has 0 aliphatic carbocycles. The number of amides is 1. The Bertz CT molecular complexity index is 1260. The van der Waals surface area contributed by atoms with Gasteiger partial charge in [-0.25, -0.2) is 0 Å². The lowest BCUT2D eigenvalue weighted by atomic mass is 10.1. The number of nitriles is 1. The standard InChI is InChI=1S/C23H17N5O/c1-28-15-19(22(27-28)17-9-11-25-12-10-17)13-18(14-24)23(29)26-21-8-4-6-16-5-2-3-7-20(16)21/h2-13,15H,1H3,(H,26,29)/b18-13-. The molecule has 0 saturated carbocycles. The Labute approximate surface area is 167 Å². The fourth-order valence-electron chi connectivity index (χ4n) is 3.17. The SMILES string of the molecule is Cn1cc(/C=C(/C#N)C(=O)Nc2cccc3ccccc23)c(-c2ccncc2)n1. The Morgan fingerprint density at radius 1 is 1.10 bits per heavy atom. The first-order chi connectivity index (χ1) is 14.2. The van der Waals surface area contributed by atoms with Gasteiger partial charge in [-0.3, -0.25) is 14.5 Å². The first-order valence-corrected chi connectivity index (χ1v) is 9.00. The lowest BCUT2D eigenvalue weighted by Crippen LogP contribution is -2.13. The van der Waals surface area contributed by atoms with Crippen LogP contribution in [0.25, 0.3) is 28.1 Å². The molecule has 2 aromatic carbocycles. The summed E-state index contributed by atoms with van der Waals surface area (Å²) in [6, 6.07) is 19.1. The van der Waals surface area contributed by atoms with Gasteiger partial charge >= 0.3 is 0 Å². The van der Waals surface area contributed by atoms with Gasteiger partial charge in [0.1, 0.15) is 11.6 Å². The Morgan fingerprint density at radius 2 is 1.86 bits per heavy atom. The number of aryl methyl sites for hydroxylation is 1. The number of carbonyl (C=O) groups excluding carboxylic acids is 1. The maximum Gasteiger partial charge on any atom is 0.266 e. The van der Waals surface area contributed by atoms with E-state index < -0.39 is 5.91 Å². The normalized spacial score (nSPS) is 11.2. The van der Waals surface area contributed by atoms with E-state index in [9.17, 15) is 10.1 Å². The highest BCUT2D eigenvalue weighted by Crippen LogP contribution is 2.25. The van der Waals surface area contributed by atoms with E-state index in [4.69, 9.17) is 0 Å². The van der Waals surface area contributed by atoms with Crippen LogP contribution in [-0.4, -0.2) is 20.7 Å². The van der Waals surface area contributed by atoms with Gasteiger partial charge in [0, 0.05) is 47.8 Å². The van der Waals surface area contributed by atoms with Crippen molar-refractivity contribution in [3.8, 4) is 17.3 Å². The summed E-state index contributed by atoms with van der Waals surface area (Å²) in [6.07, 6.45) is 6.69. The quantitative estimate of drug-likeness (QED) is 0.426. The van der Waals surface area contributed by atoms with Crippen molar-refractivity contribution in [2.45, 2.75) is 0 Å². The van der Waals surface area contributed by atoms with Gasteiger partial charge in [0.2, 0.25) is 0 Å². The molecule has 6 heteroatoms. The predicted molar refractivity (Wildman–Crippen MR) is 113 cm³/mol. The molecular weight excluding hydrogens is 362 g/mol. The molecular formula is C23H17N5O. The van der Waals surface area contributed by atoms with Gasteiger partial charge in [0.25, 0.3) is 5.91 Å². The number of pyridine rings is 1. The maximum absolute atomic E-state index is 12.8. The van der Waals surface area contributed by atoms with Crippen LogP contribution in [0.3, 0.4) is 0 Å².